The normalized spacial score (nSPS) is 11.7. The molecule has 2 N–H and O–H groups in total. The summed E-state index contributed by atoms with van der Waals surface area (Å²) in [6.45, 7) is 0. The number of pyridine rings is 2. The van der Waals surface area contributed by atoms with Crippen molar-refractivity contribution in [1.29, 1.82) is 0 Å². The van der Waals surface area contributed by atoms with E-state index in [0.29, 0.717) is 90.3 Å². The Labute approximate surface area is 610 Å². The molecular formula is C77H64BrCuF2IN7O10S2. The number of sulfonamides is 2. The number of carbonyl (C=O) groups excluding carboxylic acids is 2. The molecule has 0 atom stereocenters. The van der Waals surface area contributed by atoms with Crippen molar-refractivity contribution < 1.29 is 66.3 Å². The molecule has 24 heteroatoms. The number of furan rings is 2. The van der Waals surface area contributed by atoms with Crippen molar-refractivity contribution >= 4 is 130 Å². The molecule has 14 rings (SSSR count). The second-order valence-electron chi connectivity index (χ2n) is 23.3. The van der Waals surface area contributed by atoms with Gasteiger partial charge in [0.05, 0.1) is 66.8 Å². The quantitative estimate of drug-likeness (QED) is 0.0725. The standard InChI is InChI=1S/C39H32FN3O5S.C33H28FN3O5S.C5H4BrN.Cu.HI/c1-42(30-10-7-17-41-23-30)39(44)37-33-21-31(27-13-16-35(47-3)32(20-27)28-18-25-8-5-6-9-26(25)19-28)34(43(2)49(4,45)46)22-36(33)48-38(37)24-11-14-29(40)15-12-24;1-35-33(38)31-25-17-23(20-11-14-29(41-3)24(15-20)27-16-21-7-5-6-8-26(21)36-27)28(37(2)43(4,39)40)18-30(25)42-32(31)19-9-12-22(34)13-10-19;6-5-2-1-3-7-4-5;;/h5-18,20-23H,19H2,1-4H3;5-18,36H,1-4H3,(H,35,38);1-4H;;1H/q;;;+1;/p-1. The van der Waals surface area contributed by atoms with Crippen LogP contribution in [-0.2, 0) is 39.2 Å². The Morgan fingerprint density at radius 2 is 1.10 bits per heavy atom. The van der Waals surface area contributed by atoms with Gasteiger partial charge in [0.1, 0.15) is 45.8 Å². The summed E-state index contributed by atoms with van der Waals surface area (Å²) in [5.41, 5.74) is 12.7. The Morgan fingerprint density at radius 3 is 1.59 bits per heavy atom. The summed E-state index contributed by atoms with van der Waals surface area (Å²) >= 11 is 9.12. The number of hydrogen-bond donors (Lipinski definition) is 2. The molecule has 0 saturated carbocycles. The first-order valence-electron chi connectivity index (χ1n) is 30.9. The first-order chi connectivity index (χ1) is 48.5. The molecule has 0 bridgehead atoms. The zero-order chi connectivity index (χ0) is 72.0. The molecule has 101 heavy (non-hydrogen) atoms. The molecular weight excluding hydrogens is 1560 g/mol. The Morgan fingerprint density at radius 1 is 0.594 bits per heavy atom. The number of anilines is 3. The van der Waals surface area contributed by atoms with Crippen molar-refractivity contribution in [3.05, 3.63) is 257 Å². The van der Waals surface area contributed by atoms with Gasteiger partial charge in [0, 0.05) is 118 Å². The summed E-state index contributed by atoms with van der Waals surface area (Å²) in [5.74, 6) is 0.131. The van der Waals surface area contributed by atoms with E-state index in [1.807, 2.05) is 91.0 Å². The van der Waals surface area contributed by atoms with Crippen LogP contribution in [0.3, 0.4) is 0 Å². The second-order valence-corrected chi connectivity index (χ2v) is 28.2. The van der Waals surface area contributed by atoms with Gasteiger partial charge in [-0.2, -0.15) is 0 Å². The van der Waals surface area contributed by atoms with Gasteiger partial charge in [-0.25, -0.2) is 25.6 Å². The van der Waals surface area contributed by atoms with E-state index < -0.39 is 37.6 Å². The number of rotatable bonds is 15. The number of benzene rings is 8. The van der Waals surface area contributed by atoms with Crippen LogP contribution in [0.1, 0.15) is 37.4 Å². The van der Waals surface area contributed by atoms with Gasteiger partial charge in [0.2, 0.25) is 20.0 Å². The number of nitrogens with one attached hydrogen (secondary N) is 2. The zero-order valence-corrected chi connectivity index (χ0v) is 61.8. The van der Waals surface area contributed by atoms with Gasteiger partial charge in [0.25, 0.3) is 11.8 Å². The summed E-state index contributed by atoms with van der Waals surface area (Å²) in [5, 5.41) is 4.63. The number of allylic oxidation sites excluding steroid dienone is 1. The van der Waals surface area contributed by atoms with Crippen LogP contribution in [0.15, 0.2) is 226 Å². The van der Waals surface area contributed by atoms with E-state index in [4.69, 9.17) is 18.3 Å². The molecule has 1 aliphatic rings. The molecule has 17 nitrogen and oxygen atoms in total. The van der Waals surface area contributed by atoms with Gasteiger partial charge in [0.15, 0.2) is 0 Å². The molecule has 0 saturated heterocycles. The van der Waals surface area contributed by atoms with Crippen molar-refractivity contribution in [3.8, 4) is 67.7 Å². The molecule has 13 aromatic rings. The van der Waals surface area contributed by atoms with Gasteiger partial charge >= 0.3 is 33.1 Å². The Hall–Kier alpha value is -9.95. The predicted molar refractivity (Wildman–Crippen MR) is 405 cm³/mol. The molecule has 5 heterocycles. The molecule has 518 valence electrons. The third-order valence-corrected chi connectivity index (χ3v) is 19.9. The predicted octanol–water partition coefficient (Wildman–Crippen LogP) is 17.6. The number of methoxy groups -OCH3 is 2. The van der Waals surface area contributed by atoms with E-state index in [0.717, 1.165) is 55.8 Å². The Balaban J connectivity index is 0.000000182. The SMILES string of the molecule is Brc1cccnc1.CNC(=O)c1c(-c2ccc(F)cc2)oc2cc(N(C)S(C)(=O)=O)c(-c3ccc(OC)c(-c4cc5ccccc5[nH]4)c3)cc12.COc1ccc(-c2cc3c(C(=O)N(C)c4cccnc4)c(-c4ccc(F)cc4)oc3cc2N(C)S(C)(=O)=O)cc1C1=Cc2ccccc2C1.[Cu][I]. The molecule has 0 fully saturated rings. The number of aromatic amines is 1. The van der Waals surface area contributed by atoms with Crippen LogP contribution in [0.5, 0.6) is 11.5 Å². The maximum atomic E-state index is 14.4. The average molecular weight is 1620 g/mol. The van der Waals surface area contributed by atoms with E-state index in [1.165, 1.54) is 76.6 Å². The molecule has 0 radical (unpaired) electrons. The summed E-state index contributed by atoms with van der Waals surface area (Å²) in [4.78, 5) is 40.5. The number of hydrogen-bond acceptors (Lipinski definition) is 12. The molecule has 2 amide bonds. The molecule has 0 unspecified atom stereocenters. The maximum absolute atomic E-state index is 14.4. The van der Waals surface area contributed by atoms with Crippen LogP contribution in [-0.4, -0.2) is 98.5 Å². The third-order valence-electron chi connectivity index (χ3n) is 17.1. The number of aromatic nitrogens is 3. The Bertz CT molecular complexity index is 5500. The fourth-order valence-electron chi connectivity index (χ4n) is 11.8. The van der Waals surface area contributed by atoms with Gasteiger partial charge in [-0.3, -0.25) is 28.2 Å². The van der Waals surface area contributed by atoms with Crippen LogP contribution < -0.4 is 28.3 Å². The summed E-state index contributed by atoms with van der Waals surface area (Å²) in [6, 6.07) is 54.8. The molecule has 0 spiro atoms. The van der Waals surface area contributed by atoms with Crippen LogP contribution in [0.4, 0.5) is 25.8 Å². The van der Waals surface area contributed by atoms with E-state index in [2.05, 4.69) is 67.2 Å². The van der Waals surface area contributed by atoms with Gasteiger partial charge in [-0.05, 0) is 172 Å². The van der Waals surface area contributed by atoms with Gasteiger partial charge in [-0.15, -0.1) is 0 Å². The van der Waals surface area contributed by atoms with E-state index in [9.17, 15) is 35.2 Å². The summed E-state index contributed by atoms with van der Waals surface area (Å²) < 4.78 is 107. The molecule has 0 aliphatic heterocycles. The van der Waals surface area contributed by atoms with Crippen molar-refractivity contribution in [2.45, 2.75) is 6.42 Å². The third kappa shape index (κ3) is 15.5. The second kappa shape index (κ2) is 30.9. The number of H-pyrrole nitrogens is 1. The average Bonchev–Trinajstić information content (AvgIpc) is 1.63. The fourth-order valence-corrected chi connectivity index (χ4v) is 13.1. The van der Waals surface area contributed by atoms with Crippen molar-refractivity contribution in [3.63, 3.8) is 0 Å². The monoisotopic (exact) mass is 1620 g/mol. The first-order valence-corrected chi connectivity index (χ1v) is 38.5. The van der Waals surface area contributed by atoms with E-state index >= 15 is 0 Å². The van der Waals surface area contributed by atoms with Crippen LogP contribution in [0.2, 0.25) is 0 Å². The summed E-state index contributed by atoms with van der Waals surface area (Å²) in [6.07, 6.45) is 11.8. The first kappa shape index (κ1) is 72.3. The van der Waals surface area contributed by atoms with Crippen LogP contribution in [0.25, 0.3) is 101 Å². The molecule has 1 aliphatic carbocycles. The van der Waals surface area contributed by atoms with Crippen LogP contribution >= 0.6 is 36.3 Å². The van der Waals surface area contributed by atoms with Gasteiger partial charge in [-0.1, -0.05) is 60.7 Å². The number of fused-ring (bicyclic) bond motifs is 4. The van der Waals surface area contributed by atoms with Crippen molar-refractivity contribution in [2.75, 3.05) is 68.4 Å². The number of carbonyl (C=O) groups is 2. The minimum atomic E-state index is -3.72. The van der Waals surface area contributed by atoms with E-state index in [1.54, 1.807) is 115 Å². The molecule has 8 aromatic carbocycles. The number of amides is 2. The number of para-hydroxylation sites is 1. The van der Waals surface area contributed by atoms with Gasteiger partial charge < -0.3 is 33.5 Å². The van der Waals surface area contributed by atoms with Crippen molar-refractivity contribution in [1.82, 2.24) is 20.3 Å². The number of nitrogens with zero attached hydrogens (tertiary/aromatic N) is 5. The topological polar surface area (TPSA) is 210 Å². The number of ether oxygens (including phenoxy) is 2. The van der Waals surface area contributed by atoms with E-state index in [-0.39, 0.29) is 28.6 Å². The van der Waals surface area contributed by atoms with Crippen LogP contribution in [0, 0.1) is 11.6 Å². The minimum absolute atomic E-state index is 0.227. The zero-order valence-electron chi connectivity index (χ0n) is 55.4. The fraction of sp³-hybridized carbons (Fsp3) is 0.117. The summed E-state index contributed by atoms with van der Waals surface area (Å²) in [7, 11) is 1.89. The number of halogens is 4. The van der Waals surface area contributed by atoms with Crippen molar-refractivity contribution in [2.24, 2.45) is 0 Å². The Kier molecular flexibility index (Phi) is 22.1. The molecule has 5 aromatic heterocycles.